The van der Waals surface area contributed by atoms with Crippen LogP contribution in [0.3, 0.4) is 0 Å². The molecule has 4 heterocycles. The Bertz CT molecular complexity index is 1340. The van der Waals surface area contributed by atoms with Crippen molar-refractivity contribution in [3.05, 3.63) is 66.5 Å². The lowest BCUT2D eigenvalue weighted by Crippen LogP contribution is -2.52. The molecule has 0 atom stereocenters. The summed E-state index contributed by atoms with van der Waals surface area (Å²) in [7, 11) is 1.73. The molecule has 1 amide bonds. The van der Waals surface area contributed by atoms with Crippen LogP contribution in [0, 0.1) is 0 Å². The molecule has 0 spiro atoms. The zero-order valence-electron chi connectivity index (χ0n) is 17.6. The lowest BCUT2D eigenvalue weighted by molar-refractivity contribution is -0.117. The fourth-order valence-corrected chi connectivity index (χ4v) is 4.51. The molecular formula is C24H22N6O2. The van der Waals surface area contributed by atoms with E-state index in [-0.39, 0.29) is 12.0 Å². The highest BCUT2D eigenvalue weighted by Gasteiger charge is 2.31. The minimum Gasteiger partial charge on any atom is -0.378 e. The number of hydrogen-bond donors (Lipinski definition) is 1. The summed E-state index contributed by atoms with van der Waals surface area (Å²) in [5, 5.41) is 1.23. The number of amides is 1. The Morgan fingerprint density at radius 1 is 1.09 bits per heavy atom. The topological polar surface area (TPSA) is 89.0 Å². The van der Waals surface area contributed by atoms with Crippen LogP contribution in [-0.2, 0) is 16.0 Å². The minimum absolute atomic E-state index is 0.101. The monoisotopic (exact) mass is 426 g/mol. The van der Waals surface area contributed by atoms with Gasteiger partial charge in [0, 0.05) is 43.7 Å². The number of fused-ring (bicyclic) bond motifs is 2. The summed E-state index contributed by atoms with van der Waals surface area (Å²) in [6, 6.07) is 16.1. The number of aromatic nitrogens is 3. The summed E-state index contributed by atoms with van der Waals surface area (Å²) < 4.78 is 7.53. The van der Waals surface area contributed by atoms with Crippen LogP contribution in [0.1, 0.15) is 5.56 Å². The molecule has 160 valence electrons. The van der Waals surface area contributed by atoms with E-state index in [1.54, 1.807) is 13.3 Å². The van der Waals surface area contributed by atoms with Crippen LogP contribution in [-0.4, -0.2) is 46.6 Å². The fourth-order valence-electron chi connectivity index (χ4n) is 4.51. The molecule has 6 rings (SSSR count). The number of ether oxygens (including phenoxy) is 1. The van der Waals surface area contributed by atoms with Crippen molar-refractivity contribution < 1.29 is 9.53 Å². The van der Waals surface area contributed by atoms with E-state index in [1.165, 1.54) is 5.01 Å². The second-order valence-corrected chi connectivity index (χ2v) is 8.17. The maximum atomic E-state index is 12.1. The van der Waals surface area contributed by atoms with Crippen molar-refractivity contribution in [2.75, 3.05) is 30.1 Å². The first-order valence-electron chi connectivity index (χ1n) is 10.5. The van der Waals surface area contributed by atoms with Gasteiger partial charge in [0.15, 0.2) is 11.5 Å². The summed E-state index contributed by atoms with van der Waals surface area (Å²) in [5.41, 5.74) is 6.31. The summed E-state index contributed by atoms with van der Waals surface area (Å²) in [6.45, 7) is 1.58. The lowest BCUT2D eigenvalue weighted by atomic mass is 10.0. The van der Waals surface area contributed by atoms with Crippen molar-refractivity contribution in [1.29, 1.82) is 0 Å². The molecule has 2 aliphatic rings. The van der Waals surface area contributed by atoms with Crippen molar-refractivity contribution >= 4 is 23.1 Å². The van der Waals surface area contributed by atoms with Crippen molar-refractivity contribution in [3.63, 3.8) is 0 Å². The van der Waals surface area contributed by atoms with Crippen molar-refractivity contribution in [2.45, 2.75) is 12.5 Å². The first-order valence-corrected chi connectivity index (χ1v) is 10.5. The van der Waals surface area contributed by atoms with Gasteiger partial charge in [-0.1, -0.05) is 36.4 Å². The molecule has 0 bridgehead atoms. The predicted octanol–water partition coefficient (Wildman–Crippen LogP) is 2.66. The van der Waals surface area contributed by atoms with E-state index in [4.69, 9.17) is 15.6 Å². The van der Waals surface area contributed by atoms with Gasteiger partial charge in [-0.15, -0.1) is 0 Å². The van der Waals surface area contributed by atoms with E-state index in [0.29, 0.717) is 6.42 Å². The Morgan fingerprint density at radius 3 is 2.69 bits per heavy atom. The maximum Gasteiger partial charge on any atom is 0.245 e. The predicted molar refractivity (Wildman–Crippen MR) is 122 cm³/mol. The number of benzene rings is 2. The number of imidazole rings is 1. The normalized spacial score (nSPS) is 16.0. The van der Waals surface area contributed by atoms with Gasteiger partial charge in [-0.2, -0.15) is 0 Å². The van der Waals surface area contributed by atoms with E-state index in [1.807, 2.05) is 42.6 Å². The molecular weight excluding hydrogens is 404 g/mol. The second kappa shape index (κ2) is 7.15. The standard InChI is InChI=1S/C24H22N6O2/c1-32-18-13-28(14-18)23-24-27-21(15-5-3-2-4-6-15)22(29(24)10-9-26-23)16-7-8-19-17(11-16)12-20(31)30(19)25/h2-11,18H,12-14,25H2,1H3. The molecule has 1 fully saturated rings. The summed E-state index contributed by atoms with van der Waals surface area (Å²) >= 11 is 0. The third-order valence-electron chi connectivity index (χ3n) is 6.27. The zero-order chi connectivity index (χ0) is 21.8. The molecule has 8 heteroatoms. The van der Waals surface area contributed by atoms with Crippen LogP contribution in [0.15, 0.2) is 60.9 Å². The van der Waals surface area contributed by atoms with Gasteiger partial charge >= 0.3 is 0 Å². The van der Waals surface area contributed by atoms with Gasteiger partial charge in [0.05, 0.1) is 29.6 Å². The van der Waals surface area contributed by atoms with Gasteiger partial charge < -0.3 is 9.64 Å². The number of carbonyl (C=O) groups is 1. The number of nitrogens with zero attached hydrogens (tertiary/aromatic N) is 5. The highest BCUT2D eigenvalue weighted by atomic mass is 16.5. The van der Waals surface area contributed by atoms with Gasteiger partial charge in [-0.3, -0.25) is 9.20 Å². The van der Waals surface area contributed by atoms with Gasteiger partial charge in [-0.05, 0) is 17.7 Å². The third-order valence-corrected chi connectivity index (χ3v) is 6.27. The largest absolute Gasteiger partial charge is 0.378 e. The van der Waals surface area contributed by atoms with Crippen LogP contribution in [0.4, 0.5) is 11.5 Å². The van der Waals surface area contributed by atoms with E-state index >= 15 is 0 Å². The van der Waals surface area contributed by atoms with Crippen molar-refractivity contribution in [1.82, 2.24) is 14.4 Å². The summed E-state index contributed by atoms with van der Waals surface area (Å²) in [5.74, 6) is 6.65. The molecule has 8 nitrogen and oxygen atoms in total. The van der Waals surface area contributed by atoms with Crippen LogP contribution in [0.5, 0.6) is 0 Å². The van der Waals surface area contributed by atoms with Crippen LogP contribution in [0.2, 0.25) is 0 Å². The molecule has 0 aliphatic carbocycles. The lowest BCUT2D eigenvalue weighted by Gasteiger charge is -2.38. The number of hydrazine groups is 1. The van der Waals surface area contributed by atoms with Crippen LogP contribution >= 0.6 is 0 Å². The first kappa shape index (κ1) is 19.0. The molecule has 0 unspecified atom stereocenters. The Morgan fingerprint density at radius 2 is 1.91 bits per heavy atom. The van der Waals surface area contributed by atoms with Crippen LogP contribution in [0.25, 0.3) is 28.2 Å². The quantitative estimate of drug-likeness (QED) is 0.399. The van der Waals surface area contributed by atoms with Gasteiger partial charge in [0.1, 0.15) is 0 Å². The molecule has 2 aromatic heterocycles. The highest BCUT2D eigenvalue weighted by Crippen LogP contribution is 2.38. The van der Waals surface area contributed by atoms with Crippen molar-refractivity contribution in [2.24, 2.45) is 5.84 Å². The van der Waals surface area contributed by atoms with Crippen LogP contribution < -0.4 is 15.8 Å². The second-order valence-electron chi connectivity index (χ2n) is 8.17. The number of hydrogen-bond acceptors (Lipinski definition) is 6. The number of nitrogens with two attached hydrogens (primary N) is 1. The molecule has 4 aromatic rings. The zero-order valence-corrected chi connectivity index (χ0v) is 17.6. The molecule has 2 N–H and O–H groups in total. The van der Waals surface area contributed by atoms with Crippen molar-refractivity contribution in [3.8, 4) is 22.5 Å². The average Bonchev–Trinajstić information content (AvgIpc) is 3.31. The number of anilines is 2. The number of rotatable bonds is 4. The fraction of sp³-hybridized carbons (Fsp3) is 0.208. The number of methoxy groups -OCH3 is 1. The van der Waals surface area contributed by atoms with E-state index in [2.05, 4.69) is 26.4 Å². The summed E-state index contributed by atoms with van der Waals surface area (Å²) in [4.78, 5) is 24.0. The Labute approximate surface area is 184 Å². The third kappa shape index (κ3) is 2.80. The Kier molecular flexibility index (Phi) is 4.24. The van der Waals surface area contributed by atoms with E-state index in [9.17, 15) is 4.79 Å². The maximum absolute atomic E-state index is 12.1. The number of carbonyl (C=O) groups excluding carboxylic acids is 1. The smallest absolute Gasteiger partial charge is 0.245 e. The first-order chi connectivity index (χ1) is 15.6. The molecule has 0 radical (unpaired) electrons. The summed E-state index contributed by atoms with van der Waals surface area (Å²) in [6.07, 6.45) is 4.26. The molecule has 2 aromatic carbocycles. The Balaban J connectivity index is 1.56. The average molecular weight is 426 g/mol. The van der Waals surface area contributed by atoms with Gasteiger partial charge in [-0.25, -0.2) is 20.8 Å². The minimum atomic E-state index is -0.101. The van der Waals surface area contributed by atoms with Gasteiger partial charge in [0.2, 0.25) is 5.91 Å². The highest BCUT2D eigenvalue weighted by molar-refractivity contribution is 6.01. The van der Waals surface area contributed by atoms with E-state index in [0.717, 1.165) is 58.3 Å². The van der Waals surface area contributed by atoms with E-state index < -0.39 is 0 Å². The molecule has 32 heavy (non-hydrogen) atoms. The van der Waals surface area contributed by atoms with Gasteiger partial charge in [0.25, 0.3) is 0 Å². The molecule has 0 saturated carbocycles. The SMILES string of the molecule is COC1CN(c2nccn3c(-c4ccc5c(c4)CC(=O)N5N)c(-c4ccccc4)nc23)C1. The molecule has 2 aliphatic heterocycles. The molecule has 1 saturated heterocycles. The Hall–Kier alpha value is -3.75.